The summed E-state index contributed by atoms with van der Waals surface area (Å²) < 4.78 is 1.94. The SMILES string of the molecule is Cc1ccc(-n2c(C(C)C)cnc2SCC(=O)O)c(Cl)c1. The van der Waals surface area contributed by atoms with Gasteiger partial charge in [-0.25, -0.2) is 4.98 Å². The van der Waals surface area contributed by atoms with E-state index >= 15 is 0 Å². The van der Waals surface area contributed by atoms with Crippen molar-refractivity contribution in [3.05, 3.63) is 40.7 Å². The van der Waals surface area contributed by atoms with Gasteiger partial charge in [-0.2, -0.15) is 0 Å². The lowest BCUT2D eigenvalue weighted by Crippen LogP contribution is -2.06. The summed E-state index contributed by atoms with van der Waals surface area (Å²) in [5.74, 6) is -0.636. The first-order valence-corrected chi connectivity index (χ1v) is 7.95. The molecule has 0 amide bonds. The number of halogens is 1. The predicted molar refractivity (Wildman–Crippen MR) is 85.8 cm³/mol. The molecule has 112 valence electrons. The molecule has 1 heterocycles. The average molecular weight is 325 g/mol. The van der Waals surface area contributed by atoms with Gasteiger partial charge in [0.1, 0.15) is 0 Å². The van der Waals surface area contributed by atoms with Crippen molar-refractivity contribution in [2.24, 2.45) is 0 Å². The van der Waals surface area contributed by atoms with Crippen molar-refractivity contribution in [1.82, 2.24) is 9.55 Å². The van der Waals surface area contributed by atoms with E-state index in [-0.39, 0.29) is 11.7 Å². The number of aromatic nitrogens is 2. The van der Waals surface area contributed by atoms with Crippen LogP contribution in [0.3, 0.4) is 0 Å². The van der Waals surface area contributed by atoms with E-state index in [1.165, 1.54) is 11.8 Å². The number of carboxylic acids is 1. The molecule has 0 fully saturated rings. The summed E-state index contributed by atoms with van der Waals surface area (Å²) in [5.41, 5.74) is 2.92. The topological polar surface area (TPSA) is 55.1 Å². The quantitative estimate of drug-likeness (QED) is 0.840. The lowest BCUT2D eigenvalue weighted by Gasteiger charge is -2.15. The van der Waals surface area contributed by atoms with Crippen LogP contribution in [0.4, 0.5) is 0 Å². The smallest absolute Gasteiger partial charge is 0.313 e. The van der Waals surface area contributed by atoms with Crippen molar-refractivity contribution in [2.45, 2.75) is 31.8 Å². The van der Waals surface area contributed by atoms with E-state index in [1.807, 2.05) is 29.7 Å². The maximum Gasteiger partial charge on any atom is 0.313 e. The molecule has 2 aromatic rings. The Labute approximate surface area is 133 Å². The van der Waals surface area contributed by atoms with Gasteiger partial charge in [0.15, 0.2) is 5.16 Å². The van der Waals surface area contributed by atoms with Crippen LogP contribution in [-0.4, -0.2) is 26.4 Å². The van der Waals surface area contributed by atoms with Crippen molar-refractivity contribution in [2.75, 3.05) is 5.75 Å². The Morgan fingerprint density at radius 3 is 2.76 bits per heavy atom. The van der Waals surface area contributed by atoms with Gasteiger partial charge >= 0.3 is 5.97 Å². The molecule has 0 aliphatic rings. The molecule has 0 unspecified atom stereocenters. The highest BCUT2D eigenvalue weighted by Gasteiger charge is 2.17. The average Bonchev–Trinajstić information content (AvgIpc) is 2.80. The second kappa shape index (κ2) is 6.54. The Kier molecular flexibility index (Phi) is 4.96. The second-order valence-electron chi connectivity index (χ2n) is 5.09. The highest BCUT2D eigenvalue weighted by molar-refractivity contribution is 7.99. The number of rotatable bonds is 5. The van der Waals surface area contributed by atoms with Crippen LogP contribution in [-0.2, 0) is 4.79 Å². The first-order chi connectivity index (χ1) is 9.90. The number of benzene rings is 1. The first kappa shape index (κ1) is 15.9. The van der Waals surface area contributed by atoms with Crippen molar-refractivity contribution < 1.29 is 9.90 Å². The van der Waals surface area contributed by atoms with Crippen molar-refractivity contribution in [3.8, 4) is 5.69 Å². The Balaban J connectivity index is 2.52. The zero-order valence-corrected chi connectivity index (χ0v) is 13.7. The van der Waals surface area contributed by atoms with Gasteiger partial charge in [-0.3, -0.25) is 9.36 Å². The third kappa shape index (κ3) is 3.60. The lowest BCUT2D eigenvalue weighted by molar-refractivity contribution is -0.133. The molecule has 0 spiro atoms. The van der Waals surface area contributed by atoms with Crippen LogP contribution in [0.15, 0.2) is 29.6 Å². The van der Waals surface area contributed by atoms with Crippen LogP contribution >= 0.6 is 23.4 Å². The number of imidazole rings is 1. The number of hydrogen-bond acceptors (Lipinski definition) is 3. The molecule has 0 aliphatic heterocycles. The normalized spacial score (nSPS) is 11.1. The molecule has 0 bridgehead atoms. The summed E-state index contributed by atoms with van der Waals surface area (Å²) in [7, 11) is 0. The van der Waals surface area contributed by atoms with Crippen LogP contribution < -0.4 is 0 Å². The van der Waals surface area contributed by atoms with Gasteiger partial charge in [-0.05, 0) is 30.5 Å². The minimum atomic E-state index is -0.865. The molecule has 2 rings (SSSR count). The molecule has 0 saturated heterocycles. The van der Waals surface area contributed by atoms with E-state index in [0.29, 0.717) is 10.2 Å². The Morgan fingerprint density at radius 2 is 2.19 bits per heavy atom. The molecule has 21 heavy (non-hydrogen) atoms. The fourth-order valence-electron chi connectivity index (χ4n) is 2.02. The minimum Gasteiger partial charge on any atom is -0.481 e. The Bertz CT molecular complexity index is 668. The summed E-state index contributed by atoms with van der Waals surface area (Å²) in [6.45, 7) is 6.12. The fraction of sp³-hybridized carbons (Fsp3) is 0.333. The van der Waals surface area contributed by atoms with E-state index in [1.54, 1.807) is 6.20 Å². The van der Waals surface area contributed by atoms with Gasteiger partial charge in [-0.15, -0.1) is 0 Å². The van der Waals surface area contributed by atoms with Gasteiger partial charge in [0.2, 0.25) is 0 Å². The monoisotopic (exact) mass is 324 g/mol. The van der Waals surface area contributed by atoms with Crippen LogP contribution in [0, 0.1) is 6.92 Å². The third-order valence-corrected chi connectivity index (χ3v) is 4.26. The van der Waals surface area contributed by atoms with Crippen LogP contribution in [0.5, 0.6) is 0 Å². The minimum absolute atomic E-state index is 0.0297. The fourth-order valence-corrected chi connectivity index (χ4v) is 3.05. The highest BCUT2D eigenvalue weighted by Crippen LogP contribution is 2.31. The first-order valence-electron chi connectivity index (χ1n) is 6.59. The molecule has 0 aliphatic carbocycles. The summed E-state index contributed by atoms with van der Waals surface area (Å²) in [5, 5.41) is 10.1. The second-order valence-corrected chi connectivity index (χ2v) is 6.44. The van der Waals surface area contributed by atoms with E-state index in [4.69, 9.17) is 16.7 Å². The third-order valence-electron chi connectivity index (χ3n) is 3.02. The van der Waals surface area contributed by atoms with Crippen molar-refractivity contribution in [1.29, 1.82) is 0 Å². The van der Waals surface area contributed by atoms with E-state index in [2.05, 4.69) is 18.8 Å². The molecule has 1 N–H and O–H groups in total. The van der Waals surface area contributed by atoms with Gasteiger partial charge in [0, 0.05) is 5.69 Å². The molecule has 1 aromatic carbocycles. The summed E-state index contributed by atoms with van der Waals surface area (Å²) in [6.07, 6.45) is 1.78. The van der Waals surface area contributed by atoms with Crippen molar-refractivity contribution >= 4 is 29.3 Å². The summed E-state index contributed by atoms with van der Waals surface area (Å²) >= 11 is 7.55. The van der Waals surface area contributed by atoms with Gasteiger partial charge in [0.05, 0.1) is 22.7 Å². The number of hydrogen-bond donors (Lipinski definition) is 1. The molecule has 0 saturated carbocycles. The van der Waals surface area contributed by atoms with E-state index in [9.17, 15) is 4.79 Å². The Morgan fingerprint density at radius 1 is 1.48 bits per heavy atom. The van der Waals surface area contributed by atoms with E-state index < -0.39 is 5.97 Å². The van der Waals surface area contributed by atoms with Crippen LogP contribution in [0.25, 0.3) is 5.69 Å². The molecule has 6 heteroatoms. The summed E-state index contributed by atoms with van der Waals surface area (Å²) in [4.78, 5) is 15.1. The standard InChI is InChI=1S/C15H17ClN2O2S/c1-9(2)13-7-17-15(21-8-14(19)20)18(13)12-5-4-10(3)6-11(12)16/h4-7,9H,8H2,1-3H3,(H,19,20). The van der Waals surface area contributed by atoms with Crippen LogP contribution in [0.1, 0.15) is 31.0 Å². The zero-order valence-electron chi connectivity index (χ0n) is 12.1. The van der Waals surface area contributed by atoms with Gasteiger partial charge < -0.3 is 5.11 Å². The summed E-state index contributed by atoms with van der Waals surface area (Å²) in [6, 6.07) is 5.82. The molecule has 1 aromatic heterocycles. The van der Waals surface area contributed by atoms with Gasteiger partial charge in [0.25, 0.3) is 0 Å². The number of thioether (sulfide) groups is 1. The highest BCUT2D eigenvalue weighted by atomic mass is 35.5. The number of nitrogens with zero attached hydrogens (tertiary/aromatic N) is 2. The Hall–Kier alpha value is -1.46. The van der Waals surface area contributed by atoms with Crippen molar-refractivity contribution in [3.63, 3.8) is 0 Å². The van der Waals surface area contributed by atoms with Gasteiger partial charge in [-0.1, -0.05) is 43.3 Å². The maximum atomic E-state index is 10.8. The molecular formula is C15H17ClN2O2S. The van der Waals surface area contributed by atoms with E-state index in [0.717, 1.165) is 16.9 Å². The molecule has 4 nitrogen and oxygen atoms in total. The predicted octanol–water partition coefficient (Wildman–Crippen LogP) is 4.13. The van der Waals surface area contributed by atoms with Crippen LogP contribution in [0.2, 0.25) is 5.02 Å². The number of aryl methyl sites for hydroxylation is 1. The maximum absolute atomic E-state index is 10.8. The molecular weight excluding hydrogens is 308 g/mol. The zero-order chi connectivity index (χ0) is 15.6. The lowest BCUT2D eigenvalue weighted by atomic mass is 10.1. The molecule has 0 atom stereocenters. The number of carbonyl (C=O) groups is 1. The largest absolute Gasteiger partial charge is 0.481 e. The molecule has 0 radical (unpaired) electrons. The number of aliphatic carboxylic acids is 1. The number of carboxylic acid groups (broad SMARTS) is 1.